The van der Waals surface area contributed by atoms with Crippen molar-refractivity contribution in [1.82, 2.24) is 14.5 Å². The summed E-state index contributed by atoms with van der Waals surface area (Å²) in [6.45, 7) is 6.49. The maximum atomic E-state index is 12.8. The molecular formula is C20H25N3O3. The van der Waals surface area contributed by atoms with Crippen molar-refractivity contribution in [3.8, 4) is 11.5 Å². The summed E-state index contributed by atoms with van der Waals surface area (Å²) in [5.41, 5.74) is 1.31. The first-order valence-corrected chi connectivity index (χ1v) is 9.16. The summed E-state index contributed by atoms with van der Waals surface area (Å²) >= 11 is 0. The van der Waals surface area contributed by atoms with Gasteiger partial charge in [-0.2, -0.15) is 0 Å². The smallest absolute Gasteiger partial charge is 0.242 e. The van der Waals surface area contributed by atoms with E-state index in [9.17, 15) is 4.79 Å². The molecule has 0 N–H and O–H groups in total. The Balaban J connectivity index is 1.43. The van der Waals surface area contributed by atoms with Gasteiger partial charge in [0.15, 0.2) is 11.5 Å². The lowest BCUT2D eigenvalue weighted by molar-refractivity contribution is -0.135. The third-order valence-corrected chi connectivity index (χ3v) is 5.43. The average molecular weight is 355 g/mol. The van der Waals surface area contributed by atoms with Crippen LogP contribution in [0.4, 0.5) is 0 Å². The highest BCUT2D eigenvalue weighted by atomic mass is 16.7. The third kappa shape index (κ3) is 3.41. The second-order valence-corrected chi connectivity index (χ2v) is 7.70. The average Bonchev–Trinajstić information content (AvgIpc) is 3.23. The van der Waals surface area contributed by atoms with Crippen molar-refractivity contribution >= 4 is 5.91 Å². The van der Waals surface area contributed by atoms with Crippen LogP contribution in [0.5, 0.6) is 11.5 Å². The Morgan fingerprint density at radius 2 is 2.15 bits per heavy atom. The Hall–Kier alpha value is -2.50. The Kier molecular flexibility index (Phi) is 4.34. The first kappa shape index (κ1) is 16.9. The molecule has 4 rings (SSSR count). The summed E-state index contributed by atoms with van der Waals surface area (Å²) in [6, 6.07) is 6.16. The van der Waals surface area contributed by atoms with Crippen LogP contribution in [-0.2, 0) is 17.8 Å². The lowest BCUT2D eigenvalue weighted by Gasteiger charge is -2.41. The Morgan fingerprint density at radius 1 is 1.31 bits per heavy atom. The highest BCUT2D eigenvalue weighted by Gasteiger charge is 2.33. The van der Waals surface area contributed by atoms with Crippen molar-refractivity contribution < 1.29 is 14.3 Å². The van der Waals surface area contributed by atoms with Gasteiger partial charge in [0.1, 0.15) is 12.4 Å². The van der Waals surface area contributed by atoms with Gasteiger partial charge in [-0.1, -0.05) is 13.0 Å². The monoisotopic (exact) mass is 355 g/mol. The molecule has 2 aliphatic heterocycles. The molecule has 2 aliphatic rings. The molecule has 0 spiro atoms. The van der Waals surface area contributed by atoms with Crippen molar-refractivity contribution in [3.05, 3.63) is 42.0 Å². The fourth-order valence-electron chi connectivity index (χ4n) is 4.03. The van der Waals surface area contributed by atoms with E-state index in [0.29, 0.717) is 13.3 Å². The minimum Gasteiger partial charge on any atom is -0.454 e. The van der Waals surface area contributed by atoms with Crippen molar-refractivity contribution in [2.24, 2.45) is 5.41 Å². The van der Waals surface area contributed by atoms with E-state index in [1.807, 2.05) is 28.7 Å². The zero-order valence-electron chi connectivity index (χ0n) is 15.4. The van der Waals surface area contributed by atoms with Crippen LogP contribution >= 0.6 is 0 Å². The van der Waals surface area contributed by atoms with Crippen LogP contribution in [-0.4, -0.2) is 40.2 Å². The van der Waals surface area contributed by atoms with Crippen molar-refractivity contribution in [1.29, 1.82) is 0 Å². The van der Waals surface area contributed by atoms with Gasteiger partial charge in [-0.25, -0.2) is 4.98 Å². The van der Waals surface area contributed by atoms with Gasteiger partial charge in [-0.15, -0.1) is 0 Å². The number of rotatable bonds is 4. The minimum absolute atomic E-state index is 0.0750. The van der Waals surface area contributed by atoms with Gasteiger partial charge in [0.2, 0.25) is 12.7 Å². The predicted molar refractivity (Wildman–Crippen MR) is 97.2 cm³/mol. The second-order valence-electron chi connectivity index (χ2n) is 7.70. The third-order valence-electron chi connectivity index (χ3n) is 5.43. The molecule has 0 bridgehead atoms. The molecule has 0 radical (unpaired) electrons. The lowest BCUT2D eigenvalue weighted by Crippen LogP contribution is -2.46. The summed E-state index contributed by atoms with van der Waals surface area (Å²) in [5, 5.41) is 0. The molecule has 1 aromatic heterocycles. The predicted octanol–water partition coefficient (Wildman–Crippen LogP) is 2.79. The SMILES string of the molecule is Cc1nccn1CC(=O)N1CCC[C@](C)(Cc2ccc3c(c2)OCO3)C1. The molecule has 2 aromatic rings. The Morgan fingerprint density at radius 3 is 2.96 bits per heavy atom. The van der Waals surface area contributed by atoms with Gasteiger partial charge in [-0.3, -0.25) is 4.79 Å². The number of hydrogen-bond acceptors (Lipinski definition) is 4. The number of fused-ring (bicyclic) bond motifs is 1. The molecule has 0 aliphatic carbocycles. The van der Waals surface area contributed by atoms with Crippen LogP contribution in [0.15, 0.2) is 30.6 Å². The summed E-state index contributed by atoms with van der Waals surface area (Å²) < 4.78 is 12.8. The zero-order chi connectivity index (χ0) is 18.1. The normalized spacial score (nSPS) is 21.8. The molecule has 0 unspecified atom stereocenters. The van der Waals surface area contributed by atoms with Gasteiger partial charge in [0.05, 0.1) is 0 Å². The molecule has 6 heteroatoms. The molecule has 3 heterocycles. The molecule has 0 saturated carbocycles. The van der Waals surface area contributed by atoms with Crippen LogP contribution in [0, 0.1) is 12.3 Å². The van der Waals surface area contributed by atoms with E-state index in [-0.39, 0.29) is 11.3 Å². The summed E-state index contributed by atoms with van der Waals surface area (Å²) in [4.78, 5) is 19.0. The molecule has 6 nitrogen and oxygen atoms in total. The Labute approximate surface area is 153 Å². The molecule has 138 valence electrons. The molecule has 26 heavy (non-hydrogen) atoms. The van der Waals surface area contributed by atoms with Crippen molar-refractivity contribution in [3.63, 3.8) is 0 Å². The maximum absolute atomic E-state index is 12.8. The van der Waals surface area contributed by atoms with Crippen LogP contribution < -0.4 is 9.47 Å². The number of carbonyl (C=O) groups excluding carboxylic acids is 1. The van der Waals surface area contributed by atoms with Crippen LogP contribution in [0.3, 0.4) is 0 Å². The number of aryl methyl sites for hydroxylation is 1. The molecule has 1 fully saturated rings. The molecule has 1 saturated heterocycles. The van der Waals surface area contributed by atoms with E-state index in [1.54, 1.807) is 6.20 Å². The number of hydrogen-bond donors (Lipinski definition) is 0. The first-order valence-electron chi connectivity index (χ1n) is 9.16. The topological polar surface area (TPSA) is 56.6 Å². The maximum Gasteiger partial charge on any atom is 0.242 e. The van der Waals surface area contributed by atoms with Crippen molar-refractivity contribution in [2.45, 2.75) is 39.7 Å². The number of likely N-dealkylation sites (tertiary alicyclic amines) is 1. The highest BCUT2D eigenvalue weighted by Crippen LogP contribution is 2.37. The number of aromatic nitrogens is 2. The molecule has 1 aromatic carbocycles. The van der Waals surface area contributed by atoms with E-state index < -0.39 is 0 Å². The molecule has 1 amide bonds. The fraction of sp³-hybridized carbons (Fsp3) is 0.500. The van der Waals surface area contributed by atoms with Gasteiger partial charge in [-0.05, 0) is 49.3 Å². The van der Waals surface area contributed by atoms with E-state index in [1.165, 1.54) is 5.56 Å². The molecule has 1 atom stereocenters. The van der Waals surface area contributed by atoms with Gasteiger partial charge in [0, 0.05) is 25.5 Å². The number of imidazole rings is 1. The first-order chi connectivity index (χ1) is 12.5. The second kappa shape index (κ2) is 6.67. The van der Waals surface area contributed by atoms with Gasteiger partial charge >= 0.3 is 0 Å². The van der Waals surface area contributed by atoms with E-state index in [0.717, 1.165) is 49.7 Å². The van der Waals surface area contributed by atoms with Crippen LogP contribution in [0.1, 0.15) is 31.2 Å². The van der Waals surface area contributed by atoms with Crippen LogP contribution in [0.2, 0.25) is 0 Å². The standard InChI is InChI=1S/C20H25N3O3/c1-15-21-7-9-22(15)12-19(24)23-8-3-6-20(2,13-23)11-16-4-5-17-18(10-16)26-14-25-17/h4-5,7,9-10H,3,6,8,11-14H2,1-2H3/t20-/m1/s1. The number of amides is 1. The number of piperidine rings is 1. The quantitative estimate of drug-likeness (QED) is 0.846. The van der Waals surface area contributed by atoms with E-state index in [2.05, 4.69) is 24.0 Å². The summed E-state index contributed by atoms with van der Waals surface area (Å²) in [7, 11) is 0. The lowest BCUT2D eigenvalue weighted by atomic mass is 9.77. The molecular weight excluding hydrogens is 330 g/mol. The Bertz CT molecular complexity index is 816. The number of benzene rings is 1. The van der Waals surface area contributed by atoms with E-state index in [4.69, 9.17) is 9.47 Å². The number of nitrogens with zero attached hydrogens (tertiary/aromatic N) is 3. The van der Waals surface area contributed by atoms with Gasteiger partial charge in [0.25, 0.3) is 0 Å². The zero-order valence-corrected chi connectivity index (χ0v) is 15.4. The minimum atomic E-state index is 0.0750. The van der Waals surface area contributed by atoms with Gasteiger partial charge < -0.3 is 18.9 Å². The summed E-state index contributed by atoms with van der Waals surface area (Å²) in [6.07, 6.45) is 6.69. The largest absolute Gasteiger partial charge is 0.454 e. The van der Waals surface area contributed by atoms with E-state index >= 15 is 0 Å². The number of carbonyl (C=O) groups is 1. The van der Waals surface area contributed by atoms with Crippen LogP contribution in [0.25, 0.3) is 0 Å². The number of ether oxygens (including phenoxy) is 2. The van der Waals surface area contributed by atoms with Crippen molar-refractivity contribution in [2.75, 3.05) is 19.9 Å². The highest BCUT2D eigenvalue weighted by molar-refractivity contribution is 5.76. The fourth-order valence-corrected chi connectivity index (χ4v) is 4.03. The summed E-state index contributed by atoms with van der Waals surface area (Å²) in [5.74, 6) is 2.68.